The Hall–Kier alpha value is -1.43. The normalized spacial score (nSPS) is 22.6. The number of anilines is 1. The van der Waals surface area contributed by atoms with Gasteiger partial charge in [-0.25, -0.2) is 0 Å². The second-order valence-corrected chi connectivity index (χ2v) is 6.04. The summed E-state index contributed by atoms with van der Waals surface area (Å²) in [7, 11) is 0. The zero-order chi connectivity index (χ0) is 15.2. The minimum Gasteiger partial charge on any atom is -0.379 e. The van der Waals surface area contributed by atoms with Crippen molar-refractivity contribution >= 4 is 11.6 Å². The fourth-order valence-electron chi connectivity index (χ4n) is 3.00. The third-order valence-corrected chi connectivity index (χ3v) is 4.42. The van der Waals surface area contributed by atoms with E-state index < -0.39 is 0 Å². The van der Waals surface area contributed by atoms with Crippen LogP contribution in [0.3, 0.4) is 0 Å². The molecule has 0 aliphatic carbocycles. The van der Waals surface area contributed by atoms with Crippen molar-refractivity contribution in [3.05, 3.63) is 29.8 Å². The summed E-state index contributed by atoms with van der Waals surface area (Å²) in [5.41, 5.74) is 2.19. The first-order chi connectivity index (χ1) is 10.8. The molecule has 2 heterocycles. The Kier molecular flexibility index (Phi) is 5.43. The maximum absolute atomic E-state index is 12.0. The van der Waals surface area contributed by atoms with Gasteiger partial charge in [-0.1, -0.05) is 12.1 Å². The molecule has 0 bridgehead atoms. The number of benzene rings is 1. The Morgan fingerprint density at radius 3 is 2.73 bits per heavy atom. The van der Waals surface area contributed by atoms with Gasteiger partial charge in [0, 0.05) is 25.3 Å². The van der Waals surface area contributed by atoms with Gasteiger partial charge in [-0.05, 0) is 43.5 Å². The molecule has 1 atom stereocenters. The molecule has 5 nitrogen and oxygen atoms in total. The molecule has 1 unspecified atom stereocenters. The highest BCUT2D eigenvalue weighted by atomic mass is 16.5. The summed E-state index contributed by atoms with van der Waals surface area (Å²) in [6, 6.07) is 8.19. The molecule has 120 valence electrons. The molecule has 2 saturated heterocycles. The van der Waals surface area contributed by atoms with E-state index in [0.29, 0.717) is 0 Å². The van der Waals surface area contributed by atoms with Crippen molar-refractivity contribution in [3.63, 3.8) is 0 Å². The molecule has 2 N–H and O–H groups in total. The second-order valence-electron chi connectivity index (χ2n) is 6.04. The lowest BCUT2D eigenvalue weighted by molar-refractivity contribution is -0.117. The fourth-order valence-corrected chi connectivity index (χ4v) is 3.00. The van der Waals surface area contributed by atoms with Crippen LogP contribution in [0.15, 0.2) is 24.3 Å². The lowest BCUT2D eigenvalue weighted by atomic mass is 10.1. The van der Waals surface area contributed by atoms with Crippen LogP contribution < -0.4 is 10.6 Å². The average molecular weight is 303 g/mol. The van der Waals surface area contributed by atoms with Crippen LogP contribution in [0.1, 0.15) is 18.4 Å². The largest absolute Gasteiger partial charge is 0.379 e. The summed E-state index contributed by atoms with van der Waals surface area (Å²) in [4.78, 5) is 14.5. The number of carbonyl (C=O) groups excluding carboxylic acids is 1. The zero-order valence-corrected chi connectivity index (χ0v) is 13.0. The second kappa shape index (κ2) is 7.72. The summed E-state index contributed by atoms with van der Waals surface area (Å²) in [5.74, 6) is 0.0820. The van der Waals surface area contributed by atoms with E-state index in [1.807, 2.05) is 12.1 Å². The first-order valence-electron chi connectivity index (χ1n) is 8.24. The van der Waals surface area contributed by atoms with Crippen molar-refractivity contribution in [1.29, 1.82) is 0 Å². The topological polar surface area (TPSA) is 53.6 Å². The lowest BCUT2D eigenvalue weighted by Crippen LogP contribution is -2.37. The smallest absolute Gasteiger partial charge is 0.241 e. The summed E-state index contributed by atoms with van der Waals surface area (Å²) in [6.45, 7) is 5.77. The van der Waals surface area contributed by atoms with Crippen molar-refractivity contribution in [1.82, 2.24) is 10.2 Å². The molecule has 1 amide bonds. The van der Waals surface area contributed by atoms with Crippen LogP contribution in [0.5, 0.6) is 0 Å². The molecular formula is C17H25N3O2. The van der Waals surface area contributed by atoms with Gasteiger partial charge >= 0.3 is 0 Å². The molecular weight excluding hydrogens is 278 g/mol. The number of rotatable bonds is 5. The van der Waals surface area contributed by atoms with Crippen LogP contribution in [-0.2, 0) is 16.0 Å². The van der Waals surface area contributed by atoms with Gasteiger partial charge in [-0.2, -0.15) is 0 Å². The van der Waals surface area contributed by atoms with E-state index in [2.05, 4.69) is 27.7 Å². The Labute approximate surface area is 132 Å². The van der Waals surface area contributed by atoms with E-state index in [9.17, 15) is 4.79 Å². The molecule has 2 aliphatic heterocycles. The van der Waals surface area contributed by atoms with E-state index in [0.717, 1.165) is 64.3 Å². The molecule has 0 saturated carbocycles. The minimum absolute atomic E-state index is 0.0269. The predicted octanol–water partition coefficient (Wildman–Crippen LogP) is 1.25. The van der Waals surface area contributed by atoms with Crippen LogP contribution in [-0.4, -0.2) is 56.2 Å². The summed E-state index contributed by atoms with van der Waals surface area (Å²) in [5, 5.41) is 6.21. The summed E-state index contributed by atoms with van der Waals surface area (Å²) < 4.78 is 5.36. The van der Waals surface area contributed by atoms with Crippen LogP contribution in [0.2, 0.25) is 0 Å². The van der Waals surface area contributed by atoms with Crippen molar-refractivity contribution in [3.8, 4) is 0 Å². The maximum Gasteiger partial charge on any atom is 0.241 e. The average Bonchev–Trinajstić information content (AvgIpc) is 3.10. The number of hydrogen-bond acceptors (Lipinski definition) is 4. The predicted molar refractivity (Wildman–Crippen MR) is 87.1 cm³/mol. The van der Waals surface area contributed by atoms with Gasteiger partial charge < -0.3 is 15.4 Å². The van der Waals surface area contributed by atoms with Crippen LogP contribution >= 0.6 is 0 Å². The molecule has 5 heteroatoms. The van der Waals surface area contributed by atoms with Crippen molar-refractivity contribution in [2.24, 2.45) is 0 Å². The number of amides is 1. The number of carbonyl (C=O) groups is 1. The Bertz CT molecular complexity index is 477. The number of ether oxygens (including phenoxy) is 1. The number of nitrogens with zero attached hydrogens (tertiary/aromatic N) is 1. The number of nitrogens with one attached hydrogen (secondary N) is 2. The Balaban J connectivity index is 1.46. The highest BCUT2D eigenvalue weighted by Crippen LogP contribution is 2.13. The Morgan fingerprint density at radius 2 is 2.05 bits per heavy atom. The third kappa shape index (κ3) is 4.29. The zero-order valence-electron chi connectivity index (χ0n) is 13.0. The van der Waals surface area contributed by atoms with Gasteiger partial charge in [0.05, 0.1) is 19.3 Å². The monoisotopic (exact) mass is 303 g/mol. The van der Waals surface area contributed by atoms with Gasteiger partial charge in [-0.3, -0.25) is 9.69 Å². The van der Waals surface area contributed by atoms with Crippen molar-refractivity contribution in [2.45, 2.75) is 25.3 Å². The summed E-state index contributed by atoms with van der Waals surface area (Å²) in [6.07, 6.45) is 3.06. The molecule has 0 radical (unpaired) electrons. The SMILES string of the molecule is O=C(Nc1ccc(CCN2CCOCC2)cc1)C1CCCN1. The van der Waals surface area contributed by atoms with Crippen molar-refractivity contribution in [2.75, 3.05) is 44.7 Å². The molecule has 2 fully saturated rings. The molecule has 2 aliphatic rings. The van der Waals surface area contributed by atoms with E-state index in [1.54, 1.807) is 0 Å². The fraction of sp³-hybridized carbons (Fsp3) is 0.588. The van der Waals surface area contributed by atoms with Gasteiger partial charge in [0.1, 0.15) is 0 Å². The van der Waals surface area contributed by atoms with Gasteiger partial charge in [-0.15, -0.1) is 0 Å². The summed E-state index contributed by atoms with van der Waals surface area (Å²) >= 11 is 0. The molecule has 0 aromatic heterocycles. The van der Waals surface area contributed by atoms with Gasteiger partial charge in [0.25, 0.3) is 0 Å². The van der Waals surface area contributed by atoms with E-state index in [1.165, 1.54) is 5.56 Å². The lowest BCUT2D eigenvalue weighted by Gasteiger charge is -2.26. The van der Waals surface area contributed by atoms with E-state index >= 15 is 0 Å². The molecule has 0 spiro atoms. The minimum atomic E-state index is -0.0269. The van der Waals surface area contributed by atoms with E-state index in [-0.39, 0.29) is 11.9 Å². The van der Waals surface area contributed by atoms with Crippen LogP contribution in [0.25, 0.3) is 0 Å². The quantitative estimate of drug-likeness (QED) is 0.860. The highest BCUT2D eigenvalue weighted by molar-refractivity contribution is 5.95. The van der Waals surface area contributed by atoms with Crippen LogP contribution in [0, 0.1) is 0 Å². The molecule has 22 heavy (non-hydrogen) atoms. The third-order valence-electron chi connectivity index (χ3n) is 4.42. The standard InChI is InChI=1S/C17H25N3O2/c21-17(16-2-1-8-18-16)19-15-5-3-14(4-6-15)7-9-20-10-12-22-13-11-20/h3-6,16,18H,1-2,7-13H2,(H,19,21). The highest BCUT2D eigenvalue weighted by Gasteiger charge is 2.21. The molecule has 3 rings (SSSR count). The number of morpholine rings is 1. The van der Waals surface area contributed by atoms with Gasteiger partial charge in [0.2, 0.25) is 5.91 Å². The number of hydrogen-bond donors (Lipinski definition) is 2. The maximum atomic E-state index is 12.0. The first kappa shape index (κ1) is 15.5. The van der Waals surface area contributed by atoms with Crippen LogP contribution in [0.4, 0.5) is 5.69 Å². The molecule has 1 aromatic carbocycles. The van der Waals surface area contributed by atoms with E-state index in [4.69, 9.17) is 4.74 Å². The van der Waals surface area contributed by atoms with Gasteiger partial charge in [0.15, 0.2) is 0 Å². The first-order valence-corrected chi connectivity index (χ1v) is 8.24. The Morgan fingerprint density at radius 1 is 1.27 bits per heavy atom. The van der Waals surface area contributed by atoms with Crippen molar-refractivity contribution < 1.29 is 9.53 Å². The molecule has 1 aromatic rings.